The van der Waals surface area contributed by atoms with Gasteiger partial charge in [-0.25, -0.2) is 0 Å². The lowest BCUT2D eigenvalue weighted by Gasteiger charge is -2.11. The molecular weight excluding hydrogens is 212 g/mol. The van der Waals surface area contributed by atoms with Crippen molar-refractivity contribution in [1.29, 1.82) is 0 Å². The topological polar surface area (TPSA) is 48.0 Å². The number of benzene rings is 1. The van der Waals surface area contributed by atoms with Crippen molar-refractivity contribution in [3.05, 3.63) is 36.0 Å². The van der Waals surface area contributed by atoms with E-state index in [1.54, 1.807) is 0 Å². The molecule has 1 unspecified atom stereocenters. The van der Waals surface area contributed by atoms with E-state index in [0.717, 1.165) is 19.5 Å². The lowest BCUT2D eigenvalue weighted by molar-refractivity contribution is 0.260. The van der Waals surface area contributed by atoms with Crippen molar-refractivity contribution >= 4 is 10.9 Å². The molecule has 1 aromatic carbocycles. The Bertz CT molecular complexity index is 464. The van der Waals surface area contributed by atoms with Gasteiger partial charge in [0, 0.05) is 24.9 Å². The zero-order valence-electron chi connectivity index (χ0n) is 10.2. The zero-order valence-corrected chi connectivity index (χ0v) is 10.2. The fourth-order valence-electron chi connectivity index (χ4n) is 2.00. The molecule has 92 valence electrons. The second-order valence-corrected chi connectivity index (χ2v) is 4.65. The Kier molecular flexibility index (Phi) is 4.18. The maximum atomic E-state index is 8.82. The van der Waals surface area contributed by atoms with Gasteiger partial charge in [0.25, 0.3) is 0 Å². The van der Waals surface area contributed by atoms with Crippen molar-refractivity contribution < 1.29 is 5.11 Å². The van der Waals surface area contributed by atoms with Gasteiger partial charge in [-0.3, -0.25) is 0 Å². The minimum atomic E-state index is 0.276. The van der Waals surface area contributed by atoms with E-state index in [0.29, 0.717) is 5.92 Å². The lowest BCUT2D eigenvalue weighted by atomic mass is 10.1. The van der Waals surface area contributed by atoms with Crippen molar-refractivity contribution in [2.24, 2.45) is 5.92 Å². The average Bonchev–Trinajstić information content (AvgIpc) is 2.76. The van der Waals surface area contributed by atoms with Gasteiger partial charge < -0.3 is 15.4 Å². The minimum absolute atomic E-state index is 0.276. The minimum Gasteiger partial charge on any atom is -0.396 e. The molecule has 0 amide bonds. The normalized spacial score (nSPS) is 13.1. The first-order chi connectivity index (χ1) is 8.29. The molecule has 1 atom stereocenters. The molecule has 3 N–H and O–H groups in total. The average molecular weight is 232 g/mol. The molecular formula is C14H20N2O. The number of hydrogen-bond donors (Lipinski definition) is 3. The molecule has 0 spiro atoms. The van der Waals surface area contributed by atoms with Gasteiger partial charge >= 0.3 is 0 Å². The molecule has 3 heteroatoms. The molecule has 17 heavy (non-hydrogen) atoms. The van der Waals surface area contributed by atoms with E-state index in [-0.39, 0.29) is 6.61 Å². The highest BCUT2D eigenvalue weighted by molar-refractivity contribution is 5.79. The molecule has 0 bridgehead atoms. The van der Waals surface area contributed by atoms with Crippen molar-refractivity contribution in [1.82, 2.24) is 10.3 Å². The molecule has 0 aliphatic heterocycles. The van der Waals surface area contributed by atoms with Crippen LogP contribution in [-0.4, -0.2) is 23.2 Å². The van der Waals surface area contributed by atoms with E-state index in [2.05, 4.69) is 41.5 Å². The summed E-state index contributed by atoms with van der Waals surface area (Å²) in [5, 5.41) is 13.5. The van der Waals surface area contributed by atoms with Gasteiger partial charge in [-0.2, -0.15) is 0 Å². The second-order valence-electron chi connectivity index (χ2n) is 4.65. The fourth-order valence-corrected chi connectivity index (χ4v) is 2.00. The van der Waals surface area contributed by atoms with Crippen LogP contribution in [0.1, 0.15) is 18.9 Å². The number of aliphatic hydroxyl groups is 1. The van der Waals surface area contributed by atoms with E-state index in [1.165, 1.54) is 16.5 Å². The maximum Gasteiger partial charge on any atom is 0.0454 e. The second kappa shape index (κ2) is 5.84. The van der Waals surface area contributed by atoms with Gasteiger partial charge in [0.15, 0.2) is 0 Å². The van der Waals surface area contributed by atoms with Crippen molar-refractivity contribution in [3.63, 3.8) is 0 Å². The van der Waals surface area contributed by atoms with E-state index in [4.69, 9.17) is 5.11 Å². The summed E-state index contributed by atoms with van der Waals surface area (Å²) in [6, 6.07) is 8.55. The first kappa shape index (κ1) is 12.1. The number of H-pyrrole nitrogens is 1. The first-order valence-corrected chi connectivity index (χ1v) is 6.17. The van der Waals surface area contributed by atoms with Crippen molar-refractivity contribution in [2.45, 2.75) is 19.9 Å². The molecule has 0 aliphatic carbocycles. The van der Waals surface area contributed by atoms with E-state index < -0.39 is 0 Å². The maximum absolute atomic E-state index is 8.82. The SMILES string of the molecule is CC(CCO)CNCc1ccc2[nH]ccc2c1. The number of hydrogen-bond acceptors (Lipinski definition) is 2. The first-order valence-electron chi connectivity index (χ1n) is 6.17. The van der Waals surface area contributed by atoms with E-state index >= 15 is 0 Å². The Morgan fingerprint density at radius 3 is 3.06 bits per heavy atom. The van der Waals surface area contributed by atoms with Gasteiger partial charge in [-0.15, -0.1) is 0 Å². The standard InChI is InChI=1S/C14H20N2O/c1-11(5-7-17)9-15-10-12-2-3-14-13(8-12)4-6-16-14/h2-4,6,8,11,15-17H,5,7,9-10H2,1H3. The summed E-state index contributed by atoms with van der Waals surface area (Å²) in [5.41, 5.74) is 2.48. The van der Waals surface area contributed by atoms with Crippen LogP contribution in [0.15, 0.2) is 30.5 Å². The lowest BCUT2D eigenvalue weighted by Crippen LogP contribution is -2.21. The summed E-state index contributed by atoms with van der Waals surface area (Å²) < 4.78 is 0. The Labute approximate surface area is 102 Å². The van der Waals surface area contributed by atoms with Crippen LogP contribution in [0, 0.1) is 5.92 Å². The smallest absolute Gasteiger partial charge is 0.0454 e. The highest BCUT2D eigenvalue weighted by Gasteiger charge is 2.01. The van der Waals surface area contributed by atoms with Gasteiger partial charge in [0.05, 0.1) is 0 Å². The number of rotatable bonds is 6. The van der Waals surface area contributed by atoms with E-state index in [1.807, 2.05) is 6.20 Å². The number of aromatic nitrogens is 1. The van der Waals surface area contributed by atoms with Gasteiger partial charge in [0.2, 0.25) is 0 Å². The molecule has 2 rings (SSSR count). The quantitative estimate of drug-likeness (QED) is 0.715. The third kappa shape index (κ3) is 3.32. The Balaban J connectivity index is 1.86. The highest BCUT2D eigenvalue weighted by Crippen LogP contribution is 2.14. The molecule has 3 nitrogen and oxygen atoms in total. The number of aromatic amines is 1. The van der Waals surface area contributed by atoms with Crippen molar-refractivity contribution in [2.75, 3.05) is 13.2 Å². The predicted molar refractivity (Wildman–Crippen MR) is 70.9 cm³/mol. The van der Waals surface area contributed by atoms with Gasteiger partial charge in [0.1, 0.15) is 0 Å². The van der Waals surface area contributed by atoms with Crippen LogP contribution in [0.25, 0.3) is 10.9 Å². The van der Waals surface area contributed by atoms with Crippen LogP contribution in [0.3, 0.4) is 0 Å². The summed E-state index contributed by atoms with van der Waals surface area (Å²) >= 11 is 0. The van der Waals surface area contributed by atoms with Crippen LogP contribution in [0.2, 0.25) is 0 Å². The number of nitrogens with one attached hydrogen (secondary N) is 2. The molecule has 0 saturated carbocycles. The number of aliphatic hydroxyl groups excluding tert-OH is 1. The molecule has 0 fully saturated rings. The third-order valence-corrected chi connectivity index (χ3v) is 3.06. The van der Waals surface area contributed by atoms with Crippen LogP contribution >= 0.6 is 0 Å². The third-order valence-electron chi connectivity index (χ3n) is 3.06. The summed E-state index contributed by atoms with van der Waals surface area (Å²) in [6.45, 7) is 4.26. The summed E-state index contributed by atoms with van der Waals surface area (Å²) in [7, 11) is 0. The molecule has 2 aromatic rings. The Morgan fingerprint density at radius 1 is 1.35 bits per heavy atom. The predicted octanol–water partition coefficient (Wildman–Crippen LogP) is 2.28. The van der Waals surface area contributed by atoms with Crippen LogP contribution < -0.4 is 5.32 Å². The van der Waals surface area contributed by atoms with Crippen LogP contribution in [0.4, 0.5) is 0 Å². The molecule has 1 heterocycles. The zero-order chi connectivity index (χ0) is 12.1. The highest BCUT2D eigenvalue weighted by atomic mass is 16.3. The van der Waals surface area contributed by atoms with E-state index in [9.17, 15) is 0 Å². The summed E-state index contributed by atoms with van der Waals surface area (Å²) in [5.74, 6) is 0.524. The van der Waals surface area contributed by atoms with Crippen molar-refractivity contribution in [3.8, 4) is 0 Å². The Hall–Kier alpha value is -1.32. The van der Waals surface area contributed by atoms with Gasteiger partial charge in [-0.1, -0.05) is 13.0 Å². The largest absolute Gasteiger partial charge is 0.396 e. The van der Waals surface area contributed by atoms with Crippen LogP contribution in [0.5, 0.6) is 0 Å². The molecule has 0 aliphatic rings. The summed E-state index contributed by atoms with van der Waals surface area (Å²) in [4.78, 5) is 3.19. The molecule has 1 aromatic heterocycles. The van der Waals surface area contributed by atoms with Gasteiger partial charge in [-0.05, 0) is 48.0 Å². The molecule has 0 radical (unpaired) electrons. The summed E-state index contributed by atoms with van der Waals surface area (Å²) in [6.07, 6.45) is 2.83. The van der Waals surface area contributed by atoms with Crippen LogP contribution in [-0.2, 0) is 6.54 Å². The Morgan fingerprint density at radius 2 is 2.24 bits per heavy atom. The molecule has 0 saturated heterocycles. The monoisotopic (exact) mass is 232 g/mol. The number of fused-ring (bicyclic) bond motifs is 1. The fraction of sp³-hybridized carbons (Fsp3) is 0.429.